The number of hydrogen-bond donors (Lipinski definition) is 1. The Morgan fingerprint density at radius 2 is 2.10 bits per heavy atom. The number of carbonyl (C=O) groups excluding carboxylic acids is 1. The lowest BCUT2D eigenvalue weighted by molar-refractivity contribution is -0.136. The number of carbonyl (C=O) groups is 1. The van der Waals surface area contributed by atoms with Crippen molar-refractivity contribution in [2.45, 2.75) is 76.6 Å². The highest BCUT2D eigenvalue weighted by Gasteiger charge is 2.34. The number of halogens is 3. The van der Waals surface area contributed by atoms with Gasteiger partial charge in [0.1, 0.15) is 10.7 Å². The first-order valence-corrected chi connectivity index (χ1v) is 14.3. The minimum atomic E-state index is -4.29. The molecule has 0 saturated heterocycles. The highest BCUT2D eigenvalue weighted by atomic mass is 32.1. The summed E-state index contributed by atoms with van der Waals surface area (Å²) >= 11 is 1.48. The maximum absolute atomic E-state index is 13.2. The van der Waals surface area contributed by atoms with Gasteiger partial charge < -0.3 is 19.4 Å². The van der Waals surface area contributed by atoms with Crippen LogP contribution in [0.4, 0.5) is 18.0 Å². The van der Waals surface area contributed by atoms with Crippen molar-refractivity contribution < 1.29 is 22.7 Å². The molecule has 0 unspecified atom stereocenters. The van der Waals surface area contributed by atoms with Gasteiger partial charge in [-0.25, -0.2) is 19.7 Å². The zero-order valence-electron chi connectivity index (χ0n) is 22.8. The predicted octanol–water partition coefficient (Wildman–Crippen LogP) is 7.06. The molecule has 1 N–H and O–H groups in total. The predicted molar refractivity (Wildman–Crippen MR) is 150 cm³/mol. The van der Waals surface area contributed by atoms with E-state index >= 15 is 0 Å². The summed E-state index contributed by atoms with van der Waals surface area (Å²) in [5.74, 6) is 0.747. The minimum Gasteiger partial charge on any atom is -0.475 e. The lowest BCUT2D eigenvalue weighted by Gasteiger charge is -2.29. The van der Waals surface area contributed by atoms with Crippen LogP contribution in [0.5, 0.6) is 5.88 Å². The fourth-order valence-corrected chi connectivity index (χ4v) is 5.64. The number of hydrogen-bond acceptors (Lipinski definition) is 6. The van der Waals surface area contributed by atoms with Crippen molar-refractivity contribution in [3.05, 3.63) is 54.6 Å². The minimum absolute atomic E-state index is 0.208. The van der Waals surface area contributed by atoms with Crippen molar-refractivity contribution in [2.75, 3.05) is 13.2 Å². The van der Waals surface area contributed by atoms with Gasteiger partial charge in [-0.2, -0.15) is 13.2 Å². The molecule has 40 heavy (non-hydrogen) atoms. The number of alkyl halides is 3. The Labute approximate surface area is 236 Å². The second kappa shape index (κ2) is 12.8. The van der Waals surface area contributed by atoms with Crippen LogP contribution < -0.4 is 10.1 Å². The smallest absolute Gasteiger partial charge is 0.389 e. The highest BCUT2D eigenvalue weighted by molar-refractivity contribution is 7.15. The third-order valence-corrected chi connectivity index (χ3v) is 8.02. The first kappa shape index (κ1) is 29.6. The van der Waals surface area contributed by atoms with Crippen molar-refractivity contribution in [1.82, 2.24) is 29.6 Å². The maximum Gasteiger partial charge on any atom is 0.389 e. The van der Waals surface area contributed by atoms with Gasteiger partial charge in [0, 0.05) is 43.5 Å². The number of imidazole rings is 1. The first-order valence-electron chi connectivity index (χ1n) is 13.5. The van der Waals surface area contributed by atoms with Gasteiger partial charge in [-0.15, -0.1) is 24.5 Å². The van der Waals surface area contributed by atoms with E-state index in [1.807, 2.05) is 30.6 Å². The quantitative estimate of drug-likeness (QED) is 0.164. The molecule has 1 saturated carbocycles. The first-order chi connectivity index (χ1) is 19.1. The fourth-order valence-electron chi connectivity index (χ4n) is 4.47. The van der Waals surface area contributed by atoms with E-state index in [4.69, 9.17) is 14.7 Å². The Hall–Kier alpha value is -3.41. The van der Waals surface area contributed by atoms with E-state index in [0.29, 0.717) is 42.7 Å². The highest BCUT2D eigenvalue weighted by Crippen LogP contribution is 2.47. The van der Waals surface area contributed by atoms with Crippen molar-refractivity contribution in [3.8, 4) is 16.5 Å². The fraction of sp³-hybridized carbons (Fsp3) is 0.500. The van der Waals surface area contributed by atoms with E-state index in [-0.39, 0.29) is 12.8 Å². The molecule has 0 spiro atoms. The van der Waals surface area contributed by atoms with E-state index in [1.54, 1.807) is 17.2 Å². The molecule has 3 heterocycles. The third kappa shape index (κ3) is 7.21. The van der Waals surface area contributed by atoms with Crippen molar-refractivity contribution >= 4 is 23.0 Å². The molecule has 216 valence electrons. The van der Waals surface area contributed by atoms with Crippen molar-refractivity contribution in [2.24, 2.45) is 0 Å². The number of ether oxygens (including phenoxy) is 1. The van der Waals surface area contributed by atoms with E-state index in [9.17, 15) is 18.0 Å². The molecule has 0 aliphatic heterocycles. The maximum atomic E-state index is 13.2. The molecule has 1 fully saturated rings. The van der Waals surface area contributed by atoms with Crippen LogP contribution in [-0.2, 0) is 0 Å². The van der Waals surface area contributed by atoms with E-state index in [1.165, 1.54) is 17.4 Å². The van der Waals surface area contributed by atoms with Crippen LogP contribution in [0, 0.1) is 0 Å². The second-order valence-corrected chi connectivity index (χ2v) is 10.9. The topological polar surface area (TPSA) is 84.6 Å². The third-order valence-electron chi connectivity index (χ3n) is 6.75. The molecule has 2 atom stereocenters. The Balaban J connectivity index is 1.59. The number of urea groups is 1. The molecule has 1 aliphatic rings. The number of fused-ring (bicyclic) bond motifs is 1. The molecule has 0 radical (unpaired) electrons. The summed E-state index contributed by atoms with van der Waals surface area (Å²) in [5, 5.41) is 3.52. The molecular weight excluding hydrogens is 541 g/mol. The van der Waals surface area contributed by atoms with Gasteiger partial charge >= 0.3 is 12.2 Å². The molecule has 4 rings (SSSR count). The zero-order chi connectivity index (χ0) is 28.9. The Bertz CT molecular complexity index is 1330. The van der Waals surface area contributed by atoms with Gasteiger partial charge in [0.2, 0.25) is 5.65 Å². The van der Waals surface area contributed by atoms with Crippen LogP contribution in [0.1, 0.15) is 75.0 Å². The van der Waals surface area contributed by atoms with Gasteiger partial charge in [0.15, 0.2) is 0 Å². The summed E-state index contributed by atoms with van der Waals surface area (Å²) in [4.78, 5) is 29.9. The summed E-state index contributed by atoms with van der Waals surface area (Å²) in [6.45, 7) is 11.9. The molecule has 0 aromatic carbocycles. The molecule has 1 aliphatic carbocycles. The SMILES string of the molecule is C=CCCOc1nc(-c2sc([C@@H](C)N(CC)C(=O)N[C@H](CC=C)CCC(F)(F)F)nc2C2CC2)cn2ccnc12. The van der Waals surface area contributed by atoms with Gasteiger partial charge in [-0.1, -0.05) is 12.2 Å². The molecule has 0 bridgehead atoms. The number of rotatable bonds is 14. The lowest BCUT2D eigenvalue weighted by atomic mass is 10.1. The zero-order valence-corrected chi connectivity index (χ0v) is 23.6. The molecule has 3 aromatic rings. The molecular formula is C28H35F3N6O2S. The summed E-state index contributed by atoms with van der Waals surface area (Å²) in [6, 6.07) is -1.48. The monoisotopic (exact) mass is 576 g/mol. The molecule has 3 aromatic heterocycles. The molecule has 8 nitrogen and oxygen atoms in total. The van der Waals surface area contributed by atoms with Crippen LogP contribution in [0.3, 0.4) is 0 Å². The number of thiazole rings is 1. The van der Waals surface area contributed by atoms with Crippen molar-refractivity contribution in [3.63, 3.8) is 0 Å². The average molecular weight is 577 g/mol. The summed E-state index contributed by atoms with van der Waals surface area (Å²) in [6.07, 6.45) is 6.25. The number of nitrogens with one attached hydrogen (secondary N) is 1. The van der Waals surface area contributed by atoms with Crippen molar-refractivity contribution in [1.29, 1.82) is 0 Å². The Morgan fingerprint density at radius 3 is 2.75 bits per heavy atom. The van der Waals surface area contributed by atoms with Gasteiger partial charge in [-0.05, 0) is 46.0 Å². The summed E-state index contributed by atoms with van der Waals surface area (Å²) in [7, 11) is 0. The summed E-state index contributed by atoms with van der Waals surface area (Å²) in [5.41, 5.74) is 2.28. The average Bonchev–Trinajstić information content (AvgIpc) is 3.46. The lowest BCUT2D eigenvalue weighted by Crippen LogP contribution is -2.46. The van der Waals surface area contributed by atoms with Gasteiger partial charge in [0.05, 0.1) is 23.2 Å². The summed E-state index contributed by atoms with van der Waals surface area (Å²) < 4.78 is 46.2. The van der Waals surface area contributed by atoms with E-state index < -0.39 is 30.7 Å². The number of aromatic nitrogens is 4. The van der Waals surface area contributed by atoms with Crippen LogP contribution in [0.25, 0.3) is 16.2 Å². The number of nitrogens with zero attached hydrogens (tertiary/aromatic N) is 5. The normalized spacial score (nSPS) is 15.0. The van der Waals surface area contributed by atoms with Crippen LogP contribution >= 0.6 is 11.3 Å². The van der Waals surface area contributed by atoms with Crippen LogP contribution in [-0.4, -0.2) is 55.7 Å². The Kier molecular flexibility index (Phi) is 9.49. The van der Waals surface area contributed by atoms with Gasteiger partial charge in [0.25, 0.3) is 5.88 Å². The van der Waals surface area contributed by atoms with E-state index in [2.05, 4.69) is 23.5 Å². The van der Waals surface area contributed by atoms with Crippen LogP contribution in [0.2, 0.25) is 0 Å². The Morgan fingerprint density at radius 1 is 1.32 bits per heavy atom. The second-order valence-electron chi connectivity index (χ2n) is 9.84. The van der Waals surface area contributed by atoms with Crippen LogP contribution in [0.15, 0.2) is 43.9 Å². The standard InChI is InChI=1S/C28H35F3N6O2S/c1-5-8-16-39-25-24-32-14-15-36(24)17-21(34-25)23-22(19-10-11-19)35-26(40-23)18(4)37(7-3)27(38)33-20(9-6-2)12-13-28(29,30)31/h5-6,14-15,17-20H,1-2,7-13,16H2,3-4H3,(H,33,38)/t18-,20-/m1/s1. The van der Waals surface area contributed by atoms with E-state index in [0.717, 1.165) is 28.4 Å². The largest absolute Gasteiger partial charge is 0.475 e. The number of amides is 2. The molecule has 12 heteroatoms. The van der Waals surface area contributed by atoms with Gasteiger partial charge in [-0.3, -0.25) is 0 Å². The molecule has 2 amide bonds.